The van der Waals surface area contributed by atoms with Gasteiger partial charge < -0.3 is 19.5 Å². The Morgan fingerprint density at radius 2 is 1.65 bits per heavy atom. The van der Waals surface area contributed by atoms with Crippen LogP contribution in [-0.2, 0) is 17.8 Å². The van der Waals surface area contributed by atoms with Gasteiger partial charge in [0.15, 0.2) is 0 Å². The average Bonchev–Trinajstić information content (AvgIpc) is 3.30. The molecule has 0 bridgehead atoms. The second-order valence-electron chi connectivity index (χ2n) is 8.37. The molecule has 34 heavy (non-hydrogen) atoms. The minimum absolute atomic E-state index is 0.0734. The fourth-order valence-electron chi connectivity index (χ4n) is 4.25. The number of carbonyl (C=O) groups excluding carboxylic acids is 2. The van der Waals surface area contributed by atoms with Gasteiger partial charge in [0.1, 0.15) is 6.61 Å². The summed E-state index contributed by atoms with van der Waals surface area (Å²) in [5.74, 6) is 0.426. The number of H-pyrrole nitrogens is 1. The van der Waals surface area contributed by atoms with Crippen LogP contribution in [0.15, 0.2) is 79.1 Å². The first kappa shape index (κ1) is 21.7. The van der Waals surface area contributed by atoms with Gasteiger partial charge in [-0.3, -0.25) is 9.59 Å². The third kappa shape index (κ3) is 4.78. The van der Waals surface area contributed by atoms with E-state index in [1.54, 1.807) is 23.2 Å². The van der Waals surface area contributed by atoms with Crippen molar-refractivity contribution in [3.05, 3.63) is 95.8 Å². The fraction of sp³-hybridized carbons (Fsp3) is 0.222. The number of benzene rings is 2. The summed E-state index contributed by atoms with van der Waals surface area (Å²) < 4.78 is 5.76. The van der Waals surface area contributed by atoms with Crippen LogP contribution in [0.2, 0.25) is 0 Å². The van der Waals surface area contributed by atoms with Crippen molar-refractivity contribution < 1.29 is 14.3 Å². The van der Waals surface area contributed by atoms with E-state index in [0.717, 1.165) is 22.0 Å². The number of nitrogens with zero attached hydrogens (tertiary/aromatic N) is 3. The van der Waals surface area contributed by atoms with Gasteiger partial charge in [0.2, 0.25) is 11.8 Å². The number of para-hydroxylation sites is 1. The van der Waals surface area contributed by atoms with Crippen LogP contribution < -0.4 is 4.74 Å². The Hall–Kier alpha value is -4.13. The van der Waals surface area contributed by atoms with Gasteiger partial charge in [-0.05, 0) is 23.3 Å². The molecule has 2 amide bonds. The monoisotopic (exact) mass is 454 g/mol. The maximum absolute atomic E-state index is 13.0. The summed E-state index contributed by atoms with van der Waals surface area (Å²) in [6.07, 6.45) is 3.85. The maximum atomic E-state index is 13.0. The van der Waals surface area contributed by atoms with Crippen LogP contribution in [-0.4, -0.2) is 57.8 Å². The molecule has 7 nitrogen and oxygen atoms in total. The highest BCUT2D eigenvalue weighted by Gasteiger charge is 2.25. The van der Waals surface area contributed by atoms with Crippen molar-refractivity contribution in [3.63, 3.8) is 0 Å². The smallest absolute Gasteiger partial charge is 0.254 e. The number of aromatic amines is 1. The van der Waals surface area contributed by atoms with Gasteiger partial charge in [-0.15, -0.1) is 0 Å². The van der Waals surface area contributed by atoms with Crippen LogP contribution in [0.1, 0.15) is 21.5 Å². The summed E-state index contributed by atoms with van der Waals surface area (Å²) in [6, 6.07) is 21.2. The van der Waals surface area contributed by atoms with Crippen molar-refractivity contribution in [2.45, 2.75) is 13.0 Å². The number of hydrogen-bond donors (Lipinski definition) is 1. The number of piperazine rings is 1. The number of fused-ring (bicyclic) bond motifs is 1. The molecule has 1 N–H and O–H groups in total. The minimum Gasteiger partial charge on any atom is -0.473 e. The van der Waals surface area contributed by atoms with Crippen molar-refractivity contribution in [3.8, 4) is 5.88 Å². The van der Waals surface area contributed by atoms with Gasteiger partial charge in [0.05, 0.1) is 6.42 Å². The molecule has 0 spiro atoms. The van der Waals surface area contributed by atoms with Crippen LogP contribution in [0.3, 0.4) is 0 Å². The van der Waals surface area contributed by atoms with E-state index < -0.39 is 0 Å². The Balaban J connectivity index is 1.16. The maximum Gasteiger partial charge on any atom is 0.254 e. The average molecular weight is 455 g/mol. The Labute approximate surface area is 198 Å². The lowest BCUT2D eigenvalue weighted by Gasteiger charge is -2.35. The van der Waals surface area contributed by atoms with Gasteiger partial charge in [-0.2, -0.15) is 0 Å². The van der Waals surface area contributed by atoms with Crippen LogP contribution in [0, 0.1) is 0 Å². The predicted octanol–water partition coefficient (Wildman–Crippen LogP) is 3.67. The third-order valence-corrected chi connectivity index (χ3v) is 6.15. The number of carbonyl (C=O) groups is 2. The number of rotatable bonds is 6. The van der Waals surface area contributed by atoms with Crippen molar-refractivity contribution >= 4 is 22.7 Å². The van der Waals surface area contributed by atoms with Crippen LogP contribution in [0.4, 0.5) is 0 Å². The van der Waals surface area contributed by atoms with E-state index in [-0.39, 0.29) is 11.8 Å². The topological polar surface area (TPSA) is 78.5 Å². The molecule has 5 rings (SSSR count). The third-order valence-electron chi connectivity index (χ3n) is 6.15. The van der Waals surface area contributed by atoms with Crippen molar-refractivity contribution in [2.75, 3.05) is 26.2 Å². The van der Waals surface area contributed by atoms with Gasteiger partial charge in [-0.25, -0.2) is 4.98 Å². The van der Waals surface area contributed by atoms with E-state index in [2.05, 4.69) is 9.97 Å². The van der Waals surface area contributed by atoms with Gasteiger partial charge in [-0.1, -0.05) is 48.5 Å². The van der Waals surface area contributed by atoms with E-state index in [9.17, 15) is 9.59 Å². The molecule has 0 radical (unpaired) electrons. The molecule has 0 aliphatic carbocycles. The summed E-state index contributed by atoms with van der Waals surface area (Å²) in [7, 11) is 0. The highest BCUT2D eigenvalue weighted by atomic mass is 16.5. The summed E-state index contributed by atoms with van der Waals surface area (Å²) >= 11 is 0. The highest BCUT2D eigenvalue weighted by Crippen LogP contribution is 2.20. The molecule has 1 aliphatic rings. The molecule has 2 aromatic heterocycles. The predicted molar refractivity (Wildman–Crippen MR) is 129 cm³/mol. The highest BCUT2D eigenvalue weighted by molar-refractivity contribution is 5.94. The number of ether oxygens (including phenoxy) is 1. The van der Waals surface area contributed by atoms with Crippen LogP contribution >= 0.6 is 0 Å². The first-order valence-corrected chi connectivity index (χ1v) is 11.4. The zero-order valence-electron chi connectivity index (χ0n) is 18.8. The zero-order chi connectivity index (χ0) is 23.3. The Morgan fingerprint density at radius 1 is 0.912 bits per heavy atom. The number of nitrogens with one attached hydrogen (secondary N) is 1. The zero-order valence-corrected chi connectivity index (χ0v) is 18.8. The van der Waals surface area contributed by atoms with Crippen LogP contribution in [0.5, 0.6) is 5.88 Å². The van der Waals surface area contributed by atoms with E-state index in [1.165, 1.54) is 0 Å². The first-order valence-electron chi connectivity index (χ1n) is 11.4. The van der Waals surface area contributed by atoms with Crippen molar-refractivity contribution in [2.24, 2.45) is 0 Å². The lowest BCUT2D eigenvalue weighted by Crippen LogP contribution is -2.51. The Bertz CT molecular complexity index is 1290. The summed E-state index contributed by atoms with van der Waals surface area (Å²) in [4.78, 5) is 37.0. The first-order chi connectivity index (χ1) is 16.7. The number of amides is 2. The fourth-order valence-corrected chi connectivity index (χ4v) is 4.25. The van der Waals surface area contributed by atoms with E-state index in [4.69, 9.17) is 4.74 Å². The number of hydrogen-bond acceptors (Lipinski definition) is 4. The Morgan fingerprint density at radius 3 is 2.47 bits per heavy atom. The molecule has 1 saturated heterocycles. The molecule has 3 heterocycles. The number of pyridine rings is 1. The lowest BCUT2D eigenvalue weighted by molar-refractivity contribution is -0.131. The van der Waals surface area contributed by atoms with Gasteiger partial charge in [0.25, 0.3) is 5.91 Å². The molecular formula is C27H26N4O3. The lowest BCUT2D eigenvalue weighted by atomic mass is 10.1. The molecule has 4 aromatic rings. The molecule has 0 saturated carbocycles. The van der Waals surface area contributed by atoms with E-state index in [0.29, 0.717) is 50.7 Å². The molecule has 7 heteroatoms. The SMILES string of the molecule is O=C(Cc1c[nH]c2ccccc12)N1CCN(C(=O)c2ccnc(OCc3ccccc3)c2)CC1. The molecule has 172 valence electrons. The number of aromatic nitrogens is 2. The quantitative estimate of drug-likeness (QED) is 0.482. The molecule has 0 unspecified atom stereocenters. The molecule has 1 fully saturated rings. The Kier molecular flexibility index (Phi) is 6.25. The molecule has 1 aliphatic heterocycles. The standard InChI is InChI=1S/C27H26N4O3/c32-26(17-22-18-29-24-9-5-4-8-23(22)24)30-12-14-31(15-13-30)27(33)21-10-11-28-25(16-21)34-19-20-6-2-1-3-7-20/h1-11,16,18,29H,12-15,17,19H2. The van der Waals surface area contributed by atoms with E-state index in [1.807, 2.05) is 65.7 Å². The summed E-state index contributed by atoms with van der Waals surface area (Å²) in [6.45, 7) is 2.44. The summed E-state index contributed by atoms with van der Waals surface area (Å²) in [5, 5.41) is 1.08. The summed E-state index contributed by atoms with van der Waals surface area (Å²) in [5.41, 5.74) is 3.61. The van der Waals surface area contributed by atoms with Gasteiger partial charge >= 0.3 is 0 Å². The van der Waals surface area contributed by atoms with Crippen molar-refractivity contribution in [1.82, 2.24) is 19.8 Å². The minimum atomic E-state index is -0.0734. The van der Waals surface area contributed by atoms with Gasteiger partial charge in [0, 0.05) is 61.1 Å². The van der Waals surface area contributed by atoms with Crippen LogP contribution in [0.25, 0.3) is 10.9 Å². The van der Waals surface area contributed by atoms with E-state index >= 15 is 0 Å². The second kappa shape index (κ2) is 9.79. The molecule has 2 aromatic carbocycles. The van der Waals surface area contributed by atoms with Crippen molar-refractivity contribution in [1.29, 1.82) is 0 Å². The molecular weight excluding hydrogens is 428 g/mol. The normalized spacial score (nSPS) is 13.8. The molecule has 0 atom stereocenters. The largest absolute Gasteiger partial charge is 0.473 e. The second-order valence-corrected chi connectivity index (χ2v) is 8.37.